The summed E-state index contributed by atoms with van der Waals surface area (Å²) in [5, 5.41) is 7.86. The Morgan fingerprint density at radius 2 is 2.14 bits per heavy atom. The summed E-state index contributed by atoms with van der Waals surface area (Å²) < 4.78 is 9.31. The number of aliphatic carboxylic acids is 1. The first kappa shape index (κ1) is 13.2. The maximum Gasteiger partial charge on any atom is 0.367 e. The number of carbonyl (C=O) groups excluding carboxylic acids is 1. The summed E-state index contributed by atoms with van der Waals surface area (Å²) in [4.78, 5) is 21.1. The molecule has 0 rings (SSSR count). The second kappa shape index (κ2) is 7.60. The summed E-state index contributed by atoms with van der Waals surface area (Å²) in [5.74, 6) is -1.14. The summed E-state index contributed by atoms with van der Waals surface area (Å²) >= 11 is 0.741. The topological polar surface area (TPSA) is 98.9 Å². The molecule has 0 amide bonds. The van der Waals surface area contributed by atoms with E-state index < -0.39 is 17.3 Å². The molecule has 0 aliphatic heterocycles. The molecule has 3 N–H and O–H groups in total. The molecule has 0 aromatic carbocycles. The molecular formula is C7H13NO5S. The van der Waals surface area contributed by atoms with Crippen LogP contribution in [0.5, 0.6) is 0 Å². The number of nitrogens with two attached hydrogens (primary N) is 1. The van der Waals surface area contributed by atoms with Crippen molar-refractivity contribution in [3.05, 3.63) is 0 Å². The molecule has 0 radical (unpaired) electrons. The van der Waals surface area contributed by atoms with E-state index in [1.165, 1.54) is 7.11 Å². The van der Waals surface area contributed by atoms with Gasteiger partial charge in [0, 0.05) is 12.9 Å². The lowest BCUT2D eigenvalue weighted by Gasteiger charge is -2.05. The number of carboxylic acid groups (broad SMARTS) is 1. The third kappa shape index (κ3) is 6.70. The fraction of sp³-hybridized carbons (Fsp3) is 0.714. The highest BCUT2D eigenvalue weighted by Gasteiger charge is 2.14. The SMILES string of the molecule is COCCOC(=O)SCC(N)C(=O)O. The van der Waals surface area contributed by atoms with Crippen LogP contribution < -0.4 is 5.73 Å². The molecule has 0 fully saturated rings. The second-order valence-corrected chi connectivity index (χ2v) is 3.30. The minimum atomic E-state index is -1.14. The van der Waals surface area contributed by atoms with Crippen molar-refractivity contribution < 1.29 is 24.2 Å². The van der Waals surface area contributed by atoms with Gasteiger partial charge in [-0.1, -0.05) is 0 Å². The van der Waals surface area contributed by atoms with Gasteiger partial charge in [-0.3, -0.25) is 4.79 Å². The average molecular weight is 223 g/mol. The van der Waals surface area contributed by atoms with Crippen molar-refractivity contribution in [3.63, 3.8) is 0 Å². The Hall–Kier alpha value is -0.790. The zero-order valence-electron chi connectivity index (χ0n) is 7.76. The van der Waals surface area contributed by atoms with Gasteiger partial charge in [-0.2, -0.15) is 0 Å². The lowest BCUT2D eigenvalue weighted by atomic mass is 10.4. The molecule has 82 valence electrons. The van der Waals surface area contributed by atoms with Crippen LogP contribution in [0.2, 0.25) is 0 Å². The molecule has 0 heterocycles. The molecule has 7 heteroatoms. The number of rotatable bonds is 6. The summed E-state index contributed by atoms with van der Waals surface area (Å²) in [6.07, 6.45) is 0. The smallest absolute Gasteiger partial charge is 0.367 e. The average Bonchev–Trinajstić information content (AvgIpc) is 2.14. The Labute approximate surface area is 85.7 Å². The predicted octanol–water partition coefficient (Wildman–Crippen LogP) is -0.0855. The maximum absolute atomic E-state index is 10.9. The zero-order chi connectivity index (χ0) is 11.0. The van der Waals surface area contributed by atoms with E-state index in [1.807, 2.05) is 0 Å². The molecule has 1 unspecified atom stereocenters. The van der Waals surface area contributed by atoms with Gasteiger partial charge in [0.05, 0.1) is 6.61 Å². The van der Waals surface area contributed by atoms with E-state index in [0.717, 1.165) is 11.8 Å². The zero-order valence-corrected chi connectivity index (χ0v) is 8.58. The molecule has 0 aromatic heterocycles. The summed E-state index contributed by atoms with van der Waals surface area (Å²) in [6.45, 7) is 0.474. The van der Waals surface area contributed by atoms with E-state index in [2.05, 4.69) is 9.47 Å². The Kier molecular flexibility index (Phi) is 7.17. The molecule has 0 bridgehead atoms. The first-order valence-corrected chi connectivity index (χ1v) is 4.83. The molecule has 1 atom stereocenters. The number of methoxy groups -OCH3 is 1. The largest absolute Gasteiger partial charge is 0.480 e. The molecular weight excluding hydrogens is 210 g/mol. The van der Waals surface area contributed by atoms with Crippen molar-refractivity contribution in [2.24, 2.45) is 5.73 Å². The lowest BCUT2D eigenvalue weighted by molar-refractivity contribution is -0.137. The van der Waals surface area contributed by atoms with Crippen molar-refractivity contribution in [2.45, 2.75) is 6.04 Å². The van der Waals surface area contributed by atoms with Crippen LogP contribution in [0.15, 0.2) is 0 Å². The number of carboxylic acids is 1. The Morgan fingerprint density at radius 3 is 2.64 bits per heavy atom. The van der Waals surface area contributed by atoms with E-state index in [9.17, 15) is 9.59 Å². The van der Waals surface area contributed by atoms with Crippen LogP contribution in [0.3, 0.4) is 0 Å². The van der Waals surface area contributed by atoms with E-state index in [0.29, 0.717) is 6.61 Å². The third-order valence-corrected chi connectivity index (χ3v) is 2.08. The van der Waals surface area contributed by atoms with E-state index in [1.54, 1.807) is 0 Å². The highest BCUT2D eigenvalue weighted by atomic mass is 32.2. The first-order chi connectivity index (χ1) is 6.57. The number of thioether (sulfide) groups is 1. The van der Waals surface area contributed by atoms with Crippen LogP contribution in [0.1, 0.15) is 0 Å². The molecule has 6 nitrogen and oxygen atoms in total. The molecule has 14 heavy (non-hydrogen) atoms. The van der Waals surface area contributed by atoms with E-state index in [4.69, 9.17) is 10.8 Å². The minimum absolute atomic E-state index is 0.00114. The van der Waals surface area contributed by atoms with Gasteiger partial charge >= 0.3 is 11.3 Å². The molecule has 0 aromatic rings. The van der Waals surface area contributed by atoms with E-state index >= 15 is 0 Å². The second-order valence-electron chi connectivity index (χ2n) is 2.35. The third-order valence-electron chi connectivity index (χ3n) is 1.21. The normalized spacial score (nSPS) is 12.1. The number of hydrogen-bond donors (Lipinski definition) is 2. The van der Waals surface area contributed by atoms with Crippen LogP contribution >= 0.6 is 11.8 Å². The van der Waals surface area contributed by atoms with Crippen LogP contribution in [-0.2, 0) is 14.3 Å². The maximum atomic E-state index is 10.9. The fourth-order valence-electron chi connectivity index (χ4n) is 0.479. The first-order valence-electron chi connectivity index (χ1n) is 3.84. The fourth-order valence-corrected chi connectivity index (χ4v) is 1.10. The molecule has 0 aliphatic rings. The molecule has 0 aliphatic carbocycles. The highest BCUT2D eigenvalue weighted by Crippen LogP contribution is 2.06. The van der Waals surface area contributed by atoms with Crippen molar-refractivity contribution in [3.8, 4) is 0 Å². The van der Waals surface area contributed by atoms with Crippen LogP contribution in [0.25, 0.3) is 0 Å². The van der Waals surface area contributed by atoms with Gasteiger partial charge in [0.2, 0.25) is 0 Å². The van der Waals surface area contributed by atoms with Crippen molar-refractivity contribution in [1.82, 2.24) is 0 Å². The van der Waals surface area contributed by atoms with E-state index in [-0.39, 0.29) is 12.4 Å². The Morgan fingerprint density at radius 1 is 1.50 bits per heavy atom. The van der Waals surface area contributed by atoms with Gasteiger partial charge in [-0.15, -0.1) is 0 Å². The monoisotopic (exact) mass is 223 g/mol. The molecule has 0 saturated heterocycles. The summed E-state index contributed by atoms with van der Waals surface area (Å²) in [6, 6.07) is -1.05. The van der Waals surface area contributed by atoms with Crippen LogP contribution in [0, 0.1) is 0 Å². The summed E-state index contributed by atoms with van der Waals surface area (Å²) in [5.41, 5.74) is 5.17. The number of hydrogen-bond acceptors (Lipinski definition) is 6. The summed E-state index contributed by atoms with van der Waals surface area (Å²) in [7, 11) is 1.49. The molecule has 0 saturated carbocycles. The van der Waals surface area contributed by atoms with Gasteiger partial charge in [0.25, 0.3) is 0 Å². The number of ether oxygens (including phenoxy) is 2. The van der Waals surface area contributed by atoms with Gasteiger partial charge < -0.3 is 20.3 Å². The lowest BCUT2D eigenvalue weighted by Crippen LogP contribution is -2.32. The Balaban J connectivity index is 3.48. The standard InChI is InChI=1S/C7H13NO5S/c1-12-2-3-13-7(11)14-4-5(8)6(9)10/h5H,2-4,8H2,1H3,(H,9,10). The van der Waals surface area contributed by atoms with Crippen molar-refractivity contribution in [2.75, 3.05) is 26.1 Å². The van der Waals surface area contributed by atoms with Gasteiger partial charge in [-0.05, 0) is 11.8 Å². The number of carbonyl (C=O) groups is 2. The van der Waals surface area contributed by atoms with Gasteiger partial charge in [0.1, 0.15) is 12.6 Å². The minimum Gasteiger partial charge on any atom is -0.480 e. The van der Waals surface area contributed by atoms with Crippen molar-refractivity contribution in [1.29, 1.82) is 0 Å². The predicted molar refractivity (Wildman–Crippen MR) is 51.3 cm³/mol. The van der Waals surface area contributed by atoms with Gasteiger partial charge in [-0.25, -0.2) is 4.79 Å². The quantitative estimate of drug-likeness (QED) is 0.479. The van der Waals surface area contributed by atoms with Crippen LogP contribution in [-0.4, -0.2) is 48.5 Å². The van der Waals surface area contributed by atoms with Gasteiger partial charge in [0.15, 0.2) is 0 Å². The Bertz CT molecular complexity index is 199. The molecule has 0 spiro atoms. The van der Waals surface area contributed by atoms with Crippen LogP contribution in [0.4, 0.5) is 4.79 Å². The highest BCUT2D eigenvalue weighted by molar-refractivity contribution is 8.13. The van der Waals surface area contributed by atoms with Crippen molar-refractivity contribution >= 4 is 23.0 Å².